The molecule has 1 atom stereocenters. The van der Waals surface area contributed by atoms with Crippen molar-refractivity contribution in [3.63, 3.8) is 0 Å². The largest absolute Gasteiger partial charge is 0.478 e. The van der Waals surface area contributed by atoms with Gasteiger partial charge in [0.15, 0.2) is 0 Å². The van der Waals surface area contributed by atoms with Crippen LogP contribution in [0.25, 0.3) is 0 Å². The van der Waals surface area contributed by atoms with E-state index in [1.165, 1.54) is 24.3 Å². The Morgan fingerprint density at radius 2 is 1.90 bits per heavy atom. The van der Waals surface area contributed by atoms with Crippen LogP contribution in [-0.2, 0) is 19.6 Å². The number of rotatable bonds is 7. The number of carboxylic acid groups (broad SMARTS) is 1. The molecule has 0 spiro atoms. The van der Waals surface area contributed by atoms with Crippen molar-refractivity contribution in [1.29, 1.82) is 0 Å². The van der Waals surface area contributed by atoms with Crippen molar-refractivity contribution >= 4 is 33.3 Å². The molecule has 8 nitrogen and oxygen atoms in total. The van der Waals surface area contributed by atoms with Gasteiger partial charge in [0.05, 0.1) is 28.7 Å². The van der Waals surface area contributed by atoms with Gasteiger partial charge in [-0.05, 0) is 57.0 Å². The summed E-state index contributed by atoms with van der Waals surface area (Å²) in [5.74, 6) is -1.79. The molecule has 0 amide bonds. The van der Waals surface area contributed by atoms with E-state index in [0.717, 1.165) is 12.0 Å². The number of nitrogens with one attached hydrogen (secondary N) is 1. The van der Waals surface area contributed by atoms with Crippen LogP contribution in [0.3, 0.4) is 0 Å². The van der Waals surface area contributed by atoms with E-state index in [9.17, 15) is 23.1 Å². The number of piperidine rings is 1. The summed E-state index contributed by atoms with van der Waals surface area (Å²) < 4.78 is 32.8. The van der Waals surface area contributed by atoms with Gasteiger partial charge in [0, 0.05) is 18.8 Å². The number of esters is 1. The molecular weight excluding hydrogens is 420 g/mol. The minimum atomic E-state index is -3.85. The predicted octanol–water partition coefficient (Wildman–Crippen LogP) is 3.27. The average molecular weight is 447 g/mol. The molecule has 1 aliphatic rings. The monoisotopic (exact) mass is 446 g/mol. The van der Waals surface area contributed by atoms with Crippen molar-refractivity contribution in [2.75, 3.05) is 29.3 Å². The Labute approximate surface area is 181 Å². The minimum Gasteiger partial charge on any atom is -0.478 e. The third-order valence-corrected chi connectivity index (χ3v) is 6.59. The number of anilines is 2. The molecule has 31 heavy (non-hydrogen) atoms. The second-order valence-corrected chi connectivity index (χ2v) is 9.18. The molecule has 2 aromatic carbocycles. The van der Waals surface area contributed by atoms with Crippen LogP contribution in [0.15, 0.2) is 47.4 Å². The molecule has 0 saturated carbocycles. The van der Waals surface area contributed by atoms with Crippen LogP contribution in [0.4, 0.5) is 11.4 Å². The lowest BCUT2D eigenvalue weighted by atomic mass is 9.97. The number of sulfonamides is 1. The Balaban J connectivity index is 1.85. The lowest BCUT2D eigenvalue weighted by molar-refractivity contribution is -0.148. The highest BCUT2D eigenvalue weighted by Gasteiger charge is 2.29. The Morgan fingerprint density at radius 3 is 2.55 bits per heavy atom. The third-order valence-electron chi connectivity index (χ3n) is 5.19. The van der Waals surface area contributed by atoms with Crippen molar-refractivity contribution in [3.05, 3.63) is 53.6 Å². The van der Waals surface area contributed by atoms with Gasteiger partial charge in [-0.25, -0.2) is 13.2 Å². The molecule has 166 valence electrons. The number of carboxylic acids is 1. The lowest BCUT2D eigenvalue weighted by Gasteiger charge is -2.34. The minimum absolute atomic E-state index is 0.0337. The molecule has 2 aromatic rings. The van der Waals surface area contributed by atoms with Crippen molar-refractivity contribution in [2.24, 2.45) is 5.92 Å². The molecule has 1 saturated heterocycles. The van der Waals surface area contributed by atoms with Crippen molar-refractivity contribution in [1.82, 2.24) is 0 Å². The van der Waals surface area contributed by atoms with Crippen molar-refractivity contribution < 1.29 is 27.9 Å². The zero-order valence-electron chi connectivity index (χ0n) is 17.5. The first-order chi connectivity index (χ1) is 14.7. The van der Waals surface area contributed by atoms with Crippen molar-refractivity contribution in [3.8, 4) is 0 Å². The molecule has 0 radical (unpaired) electrons. The first-order valence-electron chi connectivity index (χ1n) is 10.1. The zero-order valence-corrected chi connectivity index (χ0v) is 18.3. The topological polar surface area (TPSA) is 113 Å². The fourth-order valence-electron chi connectivity index (χ4n) is 3.63. The zero-order chi connectivity index (χ0) is 22.6. The normalized spacial score (nSPS) is 16.6. The Hall–Kier alpha value is -3.07. The maximum absolute atomic E-state index is 12.6. The van der Waals surface area contributed by atoms with E-state index < -0.39 is 16.0 Å². The molecule has 1 fully saturated rings. The Bertz CT molecular complexity index is 1070. The van der Waals surface area contributed by atoms with Crippen LogP contribution in [-0.4, -0.2) is 45.2 Å². The van der Waals surface area contributed by atoms with Gasteiger partial charge in [0.25, 0.3) is 10.0 Å². The maximum Gasteiger partial charge on any atom is 0.337 e. The van der Waals surface area contributed by atoms with Crippen LogP contribution in [0, 0.1) is 12.8 Å². The second kappa shape index (κ2) is 9.38. The molecule has 0 aliphatic carbocycles. The van der Waals surface area contributed by atoms with Gasteiger partial charge in [-0.2, -0.15) is 0 Å². The fraction of sp³-hybridized carbons (Fsp3) is 0.364. The Morgan fingerprint density at radius 1 is 1.19 bits per heavy atom. The van der Waals surface area contributed by atoms with E-state index in [2.05, 4.69) is 4.72 Å². The van der Waals surface area contributed by atoms with Gasteiger partial charge in [-0.1, -0.05) is 17.7 Å². The highest BCUT2D eigenvalue weighted by molar-refractivity contribution is 7.92. The fourth-order valence-corrected chi connectivity index (χ4v) is 4.68. The summed E-state index contributed by atoms with van der Waals surface area (Å²) in [6.45, 7) is 4.86. The molecule has 1 aliphatic heterocycles. The van der Waals surface area contributed by atoms with E-state index in [1.54, 1.807) is 25.1 Å². The van der Waals surface area contributed by atoms with E-state index in [4.69, 9.17) is 4.74 Å². The van der Waals surface area contributed by atoms with E-state index >= 15 is 0 Å². The standard InChI is InChI=1S/C22H26N2O6S/c1-3-30-22(27)16-5-4-12-24(14-16)20-11-8-17(13-19(20)21(25)26)23-31(28,29)18-9-6-15(2)7-10-18/h6-11,13,16,23H,3-5,12,14H2,1-2H3,(H,25,26). The molecular formula is C22H26N2O6S. The quantitative estimate of drug-likeness (QED) is 0.628. The summed E-state index contributed by atoms with van der Waals surface area (Å²) in [6, 6.07) is 10.8. The molecule has 3 rings (SSSR count). The number of ether oxygens (including phenoxy) is 1. The van der Waals surface area contributed by atoms with Gasteiger partial charge >= 0.3 is 11.9 Å². The second-order valence-electron chi connectivity index (χ2n) is 7.49. The molecule has 9 heteroatoms. The summed E-state index contributed by atoms with van der Waals surface area (Å²) in [5.41, 5.74) is 1.49. The van der Waals surface area contributed by atoms with Crippen LogP contribution in [0.2, 0.25) is 0 Å². The summed E-state index contributed by atoms with van der Waals surface area (Å²) in [5, 5.41) is 9.73. The highest BCUT2D eigenvalue weighted by Crippen LogP contribution is 2.30. The van der Waals surface area contributed by atoms with Crippen LogP contribution >= 0.6 is 0 Å². The summed E-state index contributed by atoms with van der Waals surface area (Å²) in [6.07, 6.45) is 1.41. The lowest BCUT2D eigenvalue weighted by Crippen LogP contribution is -2.40. The van der Waals surface area contributed by atoms with Crippen LogP contribution in [0.5, 0.6) is 0 Å². The number of carbonyl (C=O) groups excluding carboxylic acids is 1. The molecule has 1 heterocycles. The molecule has 1 unspecified atom stereocenters. The number of aryl methyl sites for hydroxylation is 1. The summed E-state index contributed by atoms with van der Waals surface area (Å²) in [7, 11) is -3.85. The smallest absolute Gasteiger partial charge is 0.337 e. The number of hydrogen-bond acceptors (Lipinski definition) is 6. The average Bonchev–Trinajstić information content (AvgIpc) is 2.74. The van der Waals surface area contributed by atoms with E-state index in [-0.39, 0.29) is 28.0 Å². The van der Waals surface area contributed by atoms with E-state index in [1.807, 2.05) is 11.8 Å². The SMILES string of the molecule is CCOC(=O)C1CCCN(c2ccc(NS(=O)(=O)c3ccc(C)cc3)cc2C(=O)O)C1. The first kappa shape index (κ1) is 22.6. The van der Waals surface area contributed by atoms with Gasteiger partial charge in [-0.3, -0.25) is 9.52 Å². The third kappa shape index (κ3) is 5.35. The van der Waals surface area contributed by atoms with Gasteiger partial charge in [0.2, 0.25) is 0 Å². The molecule has 0 aromatic heterocycles. The van der Waals surface area contributed by atoms with E-state index in [0.29, 0.717) is 31.8 Å². The van der Waals surface area contributed by atoms with Crippen molar-refractivity contribution in [2.45, 2.75) is 31.6 Å². The first-order valence-corrected chi connectivity index (χ1v) is 11.6. The number of nitrogens with zero attached hydrogens (tertiary/aromatic N) is 1. The van der Waals surface area contributed by atoms with Crippen LogP contribution < -0.4 is 9.62 Å². The summed E-state index contributed by atoms with van der Waals surface area (Å²) in [4.78, 5) is 26.0. The number of carbonyl (C=O) groups is 2. The molecule has 0 bridgehead atoms. The number of aromatic carboxylic acids is 1. The van der Waals surface area contributed by atoms with Gasteiger partial charge in [0.1, 0.15) is 0 Å². The maximum atomic E-state index is 12.6. The highest BCUT2D eigenvalue weighted by atomic mass is 32.2. The van der Waals surface area contributed by atoms with Crippen LogP contribution in [0.1, 0.15) is 35.7 Å². The molecule has 2 N–H and O–H groups in total. The van der Waals surface area contributed by atoms with Gasteiger partial charge in [-0.15, -0.1) is 0 Å². The number of benzene rings is 2. The number of hydrogen-bond donors (Lipinski definition) is 2. The van der Waals surface area contributed by atoms with Gasteiger partial charge < -0.3 is 14.7 Å². The Kier molecular flexibility index (Phi) is 6.84. The summed E-state index contributed by atoms with van der Waals surface area (Å²) >= 11 is 0. The predicted molar refractivity (Wildman–Crippen MR) is 117 cm³/mol.